The van der Waals surface area contributed by atoms with Crippen molar-refractivity contribution in [2.24, 2.45) is 5.41 Å². The van der Waals surface area contributed by atoms with Gasteiger partial charge in [-0.1, -0.05) is 44.2 Å². The van der Waals surface area contributed by atoms with E-state index in [1.54, 1.807) is 0 Å². The maximum Gasteiger partial charge on any atom is 0.158 e. The zero-order chi connectivity index (χ0) is 15.6. The molecular formula is C18H25NO2. The lowest BCUT2D eigenvalue weighted by atomic mass is 9.80. The molecule has 2 atom stereocenters. The number of benzene rings is 1. The molecule has 2 rings (SSSR count). The summed E-state index contributed by atoms with van der Waals surface area (Å²) in [6, 6.07) is 7.99. The van der Waals surface area contributed by atoms with Crippen molar-refractivity contribution in [1.29, 1.82) is 0 Å². The Morgan fingerprint density at radius 3 is 2.62 bits per heavy atom. The number of ketones is 1. The summed E-state index contributed by atoms with van der Waals surface area (Å²) < 4.78 is 0. The fourth-order valence-corrected chi connectivity index (χ4v) is 2.80. The van der Waals surface area contributed by atoms with E-state index in [-0.39, 0.29) is 11.8 Å². The fourth-order valence-electron chi connectivity index (χ4n) is 2.80. The van der Waals surface area contributed by atoms with E-state index in [1.807, 2.05) is 39.0 Å². The summed E-state index contributed by atoms with van der Waals surface area (Å²) in [5.41, 5.74) is 2.75. The normalized spacial score (nSPS) is 25.4. The van der Waals surface area contributed by atoms with Crippen LogP contribution in [-0.4, -0.2) is 23.0 Å². The Kier molecular flexibility index (Phi) is 4.64. The van der Waals surface area contributed by atoms with Crippen molar-refractivity contribution >= 4 is 5.78 Å². The van der Waals surface area contributed by atoms with E-state index in [1.165, 1.54) is 11.1 Å². The standard InChI is InChI=1S/C18H25NO2/c1-12-7-5-6-8-14(12)11-19-15-9-13(2)16(20)10-18(3,4)17(15)21/h5-9,15,17,19,21H,10-11H2,1-4H3. The van der Waals surface area contributed by atoms with Crippen molar-refractivity contribution < 1.29 is 9.90 Å². The van der Waals surface area contributed by atoms with Crippen LogP contribution in [0.15, 0.2) is 35.9 Å². The number of carbonyl (C=O) groups excluding carboxylic acids is 1. The minimum absolute atomic E-state index is 0.124. The van der Waals surface area contributed by atoms with Crippen LogP contribution in [0.1, 0.15) is 38.3 Å². The predicted molar refractivity (Wildman–Crippen MR) is 85.0 cm³/mol. The average Bonchev–Trinajstić information content (AvgIpc) is 2.49. The van der Waals surface area contributed by atoms with Crippen molar-refractivity contribution in [3.05, 3.63) is 47.0 Å². The number of Topliss-reactive ketones (excluding diaryl/α,β-unsaturated/α-hetero) is 1. The third kappa shape index (κ3) is 3.60. The lowest BCUT2D eigenvalue weighted by Gasteiger charge is -2.33. The molecule has 0 heterocycles. The van der Waals surface area contributed by atoms with Crippen molar-refractivity contribution in [3.8, 4) is 0 Å². The van der Waals surface area contributed by atoms with E-state index >= 15 is 0 Å². The molecule has 0 saturated heterocycles. The Labute approximate surface area is 127 Å². The van der Waals surface area contributed by atoms with Gasteiger partial charge in [0.15, 0.2) is 5.78 Å². The van der Waals surface area contributed by atoms with E-state index < -0.39 is 11.5 Å². The molecule has 0 bridgehead atoms. The maximum atomic E-state index is 12.0. The van der Waals surface area contributed by atoms with Crippen LogP contribution in [0.4, 0.5) is 0 Å². The molecule has 2 unspecified atom stereocenters. The van der Waals surface area contributed by atoms with Gasteiger partial charge in [0, 0.05) is 13.0 Å². The molecule has 0 amide bonds. The molecule has 1 aromatic carbocycles. The molecule has 3 nitrogen and oxygen atoms in total. The van der Waals surface area contributed by atoms with Crippen LogP contribution >= 0.6 is 0 Å². The Morgan fingerprint density at radius 2 is 1.95 bits per heavy atom. The molecule has 0 aliphatic heterocycles. The first-order valence-electron chi connectivity index (χ1n) is 7.49. The molecule has 0 aromatic heterocycles. The number of carbonyl (C=O) groups is 1. The van der Waals surface area contributed by atoms with Crippen molar-refractivity contribution in [2.75, 3.05) is 0 Å². The third-order valence-electron chi connectivity index (χ3n) is 4.42. The topological polar surface area (TPSA) is 49.3 Å². The summed E-state index contributed by atoms with van der Waals surface area (Å²) in [6.07, 6.45) is 1.68. The van der Waals surface area contributed by atoms with Gasteiger partial charge in [-0.2, -0.15) is 0 Å². The van der Waals surface area contributed by atoms with Crippen LogP contribution in [0.25, 0.3) is 0 Å². The third-order valence-corrected chi connectivity index (χ3v) is 4.42. The van der Waals surface area contributed by atoms with Crippen LogP contribution < -0.4 is 5.32 Å². The molecule has 3 heteroatoms. The van der Waals surface area contributed by atoms with Crippen molar-refractivity contribution in [1.82, 2.24) is 5.32 Å². The number of aliphatic hydroxyl groups excluding tert-OH is 1. The summed E-state index contributed by atoms with van der Waals surface area (Å²) in [7, 11) is 0. The highest BCUT2D eigenvalue weighted by molar-refractivity contribution is 5.95. The van der Waals surface area contributed by atoms with E-state index in [0.29, 0.717) is 13.0 Å². The Balaban J connectivity index is 2.17. The minimum Gasteiger partial charge on any atom is -0.391 e. The maximum absolute atomic E-state index is 12.0. The molecule has 114 valence electrons. The molecule has 1 aliphatic carbocycles. The Hall–Kier alpha value is -1.45. The lowest BCUT2D eigenvalue weighted by molar-refractivity contribution is -0.118. The summed E-state index contributed by atoms with van der Waals surface area (Å²) >= 11 is 0. The van der Waals surface area contributed by atoms with Gasteiger partial charge >= 0.3 is 0 Å². The number of nitrogens with one attached hydrogen (secondary N) is 1. The molecule has 0 radical (unpaired) electrons. The van der Waals surface area contributed by atoms with Gasteiger partial charge in [0.2, 0.25) is 0 Å². The smallest absolute Gasteiger partial charge is 0.158 e. The Morgan fingerprint density at radius 1 is 1.29 bits per heavy atom. The average molecular weight is 287 g/mol. The van der Waals surface area contributed by atoms with E-state index in [0.717, 1.165) is 5.57 Å². The summed E-state index contributed by atoms with van der Waals surface area (Å²) in [5, 5.41) is 14.0. The number of aryl methyl sites for hydroxylation is 1. The highest BCUT2D eigenvalue weighted by atomic mass is 16.3. The monoisotopic (exact) mass is 287 g/mol. The van der Waals surface area contributed by atoms with Crippen LogP contribution in [0.5, 0.6) is 0 Å². The van der Waals surface area contributed by atoms with Crippen LogP contribution in [0, 0.1) is 12.3 Å². The lowest BCUT2D eigenvalue weighted by Crippen LogP contribution is -2.45. The molecular weight excluding hydrogens is 262 g/mol. The molecule has 0 fully saturated rings. The number of allylic oxidation sites excluding steroid dienone is 1. The summed E-state index contributed by atoms with van der Waals surface area (Å²) in [4.78, 5) is 12.0. The van der Waals surface area contributed by atoms with Gasteiger partial charge in [-0.05, 0) is 36.0 Å². The van der Waals surface area contributed by atoms with Gasteiger partial charge in [0.05, 0.1) is 12.1 Å². The summed E-state index contributed by atoms with van der Waals surface area (Å²) in [6.45, 7) is 8.49. The predicted octanol–water partition coefficient (Wildman–Crippen LogP) is 2.76. The van der Waals surface area contributed by atoms with Crippen molar-refractivity contribution in [3.63, 3.8) is 0 Å². The SMILES string of the molecule is CC1=CC(NCc2ccccc2C)C(O)C(C)(C)CC1=O. The number of hydrogen-bond acceptors (Lipinski definition) is 3. The van der Waals surface area contributed by atoms with Crippen LogP contribution in [0.3, 0.4) is 0 Å². The van der Waals surface area contributed by atoms with Crippen molar-refractivity contribution in [2.45, 2.75) is 52.8 Å². The van der Waals surface area contributed by atoms with E-state index in [2.05, 4.69) is 24.4 Å². The van der Waals surface area contributed by atoms with Gasteiger partial charge in [-0.25, -0.2) is 0 Å². The second-order valence-corrected chi connectivity index (χ2v) is 6.72. The first-order valence-corrected chi connectivity index (χ1v) is 7.49. The summed E-state index contributed by atoms with van der Waals surface area (Å²) in [5.74, 6) is 0.124. The molecule has 0 saturated carbocycles. The second kappa shape index (κ2) is 6.12. The molecule has 21 heavy (non-hydrogen) atoms. The van der Waals surface area contributed by atoms with Gasteiger partial charge in [0.25, 0.3) is 0 Å². The first kappa shape index (κ1) is 15.9. The van der Waals surface area contributed by atoms with Gasteiger partial charge in [-0.15, -0.1) is 0 Å². The second-order valence-electron chi connectivity index (χ2n) is 6.72. The number of aliphatic hydroxyl groups is 1. The number of hydrogen-bond donors (Lipinski definition) is 2. The quantitative estimate of drug-likeness (QED) is 0.898. The van der Waals surface area contributed by atoms with E-state index in [4.69, 9.17) is 0 Å². The largest absolute Gasteiger partial charge is 0.391 e. The molecule has 1 aliphatic rings. The fraction of sp³-hybridized carbons (Fsp3) is 0.500. The zero-order valence-electron chi connectivity index (χ0n) is 13.3. The highest BCUT2D eigenvalue weighted by Gasteiger charge is 2.37. The molecule has 0 spiro atoms. The van der Waals surface area contributed by atoms with Gasteiger partial charge in [-0.3, -0.25) is 4.79 Å². The highest BCUT2D eigenvalue weighted by Crippen LogP contribution is 2.32. The van der Waals surface area contributed by atoms with Crippen LogP contribution in [0.2, 0.25) is 0 Å². The van der Waals surface area contributed by atoms with Gasteiger partial charge in [0.1, 0.15) is 0 Å². The Bertz CT molecular complexity index is 560. The number of rotatable bonds is 3. The molecule has 1 aromatic rings. The minimum atomic E-state index is -0.581. The zero-order valence-corrected chi connectivity index (χ0v) is 13.3. The first-order chi connectivity index (χ1) is 9.81. The van der Waals surface area contributed by atoms with E-state index in [9.17, 15) is 9.90 Å². The molecule has 2 N–H and O–H groups in total. The van der Waals surface area contributed by atoms with Gasteiger partial charge < -0.3 is 10.4 Å². The van der Waals surface area contributed by atoms with Crippen LogP contribution in [-0.2, 0) is 11.3 Å².